The zero-order chi connectivity index (χ0) is 34.8. The van der Waals surface area contributed by atoms with E-state index in [1.165, 1.54) is 24.3 Å². The lowest BCUT2D eigenvalue weighted by molar-refractivity contribution is -0.137. The highest BCUT2D eigenvalue weighted by molar-refractivity contribution is 7.49. The second-order valence-electron chi connectivity index (χ2n) is 10.8. The second-order valence-corrected chi connectivity index (χ2v) is 12.3. The van der Waals surface area contributed by atoms with Crippen LogP contribution in [0.1, 0.15) is 31.1 Å². The van der Waals surface area contributed by atoms with E-state index in [0.29, 0.717) is 0 Å². The van der Waals surface area contributed by atoms with Gasteiger partial charge in [0, 0.05) is 0 Å². The number of rotatable bonds is 13. The molecule has 0 saturated carbocycles. The van der Waals surface area contributed by atoms with E-state index in [2.05, 4.69) is 0 Å². The average molecular weight is 695 g/mol. The van der Waals surface area contributed by atoms with Gasteiger partial charge in [0.1, 0.15) is 24.2 Å². The Morgan fingerprint density at radius 1 is 0.520 bits per heavy atom. The first-order valence-electron chi connectivity index (χ1n) is 15.5. The van der Waals surface area contributed by atoms with Gasteiger partial charge in [-0.25, -0.2) is 18.9 Å². The molecule has 0 aromatic heterocycles. The molecule has 5 aromatic carbocycles. The van der Waals surface area contributed by atoms with Gasteiger partial charge in [-0.3, -0.25) is 4.52 Å². The van der Waals surface area contributed by atoms with Crippen LogP contribution in [0.3, 0.4) is 0 Å². The molecule has 0 amide bonds. The van der Waals surface area contributed by atoms with E-state index < -0.39 is 56.9 Å². The van der Waals surface area contributed by atoms with Gasteiger partial charge in [0.15, 0.2) is 12.2 Å². The zero-order valence-corrected chi connectivity index (χ0v) is 27.3. The summed E-state index contributed by atoms with van der Waals surface area (Å²) >= 11 is 0. The number of para-hydroxylation sites is 2. The lowest BCUT2D eigenvalue weighted by Gasteiger charge is -2.27. The molecule has 254 valence electrons. The third-order valence-electron chi connectivity index (χ3n) is 7.31. The van der Waals surface area contributed by atoms with E-state index in [1.54, 1.807) is 127 Å². The van der Waals surface area contributed by atoms with Crippen LogP contribution in [0.5, 0.6) is 11.5 Å². The molecule has 1 aliphatic heterocycles. The number of ether oxygens (including phenoxy) is 4. The van der Waals surface area contributed by atoms with Crippen LogP contribution >= 0.6 is 7.82 Å². The van der Waals surface area contributed by atoms with Gasteiger partial charge in [-0.2, -0.15) is 0 Å². The molecule has 1 heterocycles. The van der Waals surface area contributed by atoms with Gasteiger partial charge in [-0.05, 0) is 60.7 Å². The van der Waals surface area contributed by atoms with Crippen LogP contribution in [0, 0.1) is 0 Å². The van der Waals surface area contributed by atoms with Crippen LogP contribution in [0.4, 0.5) is 0 Å². The van der Waals surface area contributed by atoms with Crippen LogP contribution in [0.25, 0.3) is 0 Å². The molecule has 1 aliphatic rings. The van der Waals surface area contributed by atoms with Crippen LogP contribution < -0.4 is 9.05 Å². The molecular formula is C38H31O11P. The molecule has 1 fully saturated rings. The second kappa shape index (κ2) is 16.1. The smallest absolute Gasteiger partial charge is 0.459 e. The van der Waals surface area contributed by atoms with Crippen molar-refractivity contribution < 1.29 is 51.5 Å². The topological polar surface area (TPSA) is 133 Å². The maximum atomic E-state index is 14.6. The van der Waals surface area contributed by atoms with E-state index in [4.69, 9.17) is 32.5 Å². The summed E-state index contributed by atoms with van der Waals surface area (Å²) in [7, 11) is -4.70. The molecule has 0 aliphatic carbocycles. The fraction of sp³-hybridized carbons (Fsp3) is 0.132. The minimum Gasteiger partial charge on any atom is -0.459 e. The van der Waals surface area contributed by atoms with Crippen molar-refractivity contribution in [2.24, 2.45) is 0 Å². The summed E-state index contributed by atoms with van der Waals surface area (Å²) in [5.41, 5.74) is 0.622. The van der Waals surface area contributed by atoms with Gasteiger partial charge >= 0.3 is 25.7 Å². The largest absolute Gasteiger partial charge is 0.588 e. The third-order valence-corrected chi connectivity index (χ3v) is 8.68. The summed E-state index contributed by atoms with van der Waals surface area (Å²) in [5.74, 6) is -2.04. The molecular weight excluding hydrogens is 663 g/mol. The molecule has 0 spiro atoms. The molecule has 12 heteroatoms. The Morgan fingerprint density at radius 2 is 0.920 bits per heavy atom. The molecule has 0 unspecified atom stereocenters. The van der Waals surface area contributed by atoms with Crippen molar-refractivity contribution in [3.63, 3.8) is 0 Å². The van der Waals surface area contributed by atoms with Crippen molar-refractivity contribution in [1.82, 2.24) is 0 Å². The highest BCUT2D eigenvalue weighted by atomic mass is 31.2. The predicted octanol–water partition coefficient (Wildman–Crippen LogP) is 7.30. The highest BCUT2D eigenvalue weighted by Gasteiger charge is 2.55. The SMILES string of the molecule is O=C(OC[C@H]1O[C@H](OC(=O)c2ccccc2)[C@H](OP(=O)(Oc2ccccc2)Oc2ccccc2)[C@@H]1OC(=O)c1ccccc1)c1ccccc1. The number of esters is 3. The van der Waals surface area contributed by atoms with Gasteiger partial charge in [-0.1, -0.05) is 91.0 Å². The van der Waals surface area contributed by atoms with Crippen LogP contribution in [0.2, 0.25) is 0 Å². The lowest BCUT2D eigenvalue weighted by Crippen LogP contribution is -2.41. The highest BCUT2D eigenvalue weighted by Crippen LogP contribution is 2.53. The van der Waals surface area contributed by atoms with Gasteiger partial charge in [-0.15, -0.1) is 0 Å². The maximum Gasteiger partial charge on any atom is 0.588 e. The zero-order valence-electron chi connectivity index (χ0n) is 26.4. The molecule has 1 saturated heterocycles. The van der Waals surface area contributed by atoms with E-state index in [-0.39, 0.29) is 28.2 Å². The summed E-state index contributed by atoms with van der Waals surface area (Å²) in [6.45, 7) is -0.469. The Hall–Kier alpha value is -5.74. The minimum atomic E-state index is -4.70. The Labute approximate surface area is 287 Å². The van der Waals surface area contributed by atoms with Gasteiger partial charge in [0.05, 0.1) is 16.7 Å². The monoisotopic (exact) mass is 694 g/mol. The van der Waals surface area contributed by atoms with Crippen LogP contribution in [-0.2, 0) is 28.0 Å². The summed E-state index contributed by atoms with van der Waals surface area (Å²) < 4.78 is 55.7. The standard InChI is InChI=1S/C38H31O11P/c39-35(27-16-6-1-7-17-27)43-26-32-33(45-36(40)28-18-8-2-9-19-28)34(38(44-32)46-37(41)29-20-10-3-11-21-29)49-50(42,47-30-22-12-4-13-23-30)48-31-24-14-5-15-25-31/h1-25,32-34,38H,26H2/t32-,33-,34-,38-/m1/s1. The molecule has 0 radical (unpaired) electrons. The van der Waals surface area contributed by atoms with E-state index in [1.807, 2.05) is 0 Å². The number of hydrogen-bond acceptors (Lipinski definition) is 11. The first kappa shape index (κ1) is 34.1. The number of phosphoric ester groups is 1. The number of benzene rings is 5. The molecule has 4 atom stereocenters. The molecule has 5 aromatic rings. The third kappa shape index (κ3) is 8.83. The molecule has 50 heavy (non-hydrogen) atoms. The molecule has 0 bridgehead atoms. The van der Waals surface area contributed by atoms with Gasteiger partial charge in [0.2, 0.25) is 6.29 Å². The van der Waals surface area contributed by atoms with Crippen molar-refractivity contribution in [2.75, 3.05) is 6.61 Å². The van der Waals surface area contributed by atoms with E-state index >= 15 is 0 Å². The Balaban J connectivity index is 1.36. The number of hydrogen-bond donors (Lipinski definition) is 0. The molecule has 11 nitrogen and oxygen atoms in total. The summed E-state index contributed by atoms with van der Waals surface area (Å²) in [6.07, 6.45) is -6.00. The van der Waals surface area contributed by atoms with Gasteiger partial charge in [0.25, 0.3) is 0 Å². The quantitative estimate of drug-likeness (QED) is 0.0698. The van der Waals surface area contributed by atoms with Crippen molar-refractivity contribution in [2.45, 2.75) is 24.6 Å². The van der Waals surface area contributed by atoms with Crippen molar-refractivity contribution in [1.29, 1.82) is 0 Å². The summed E-state index contributed by atoms with van der Waals surface area (Å²) in [5, 5.41) is 0. The Kier molecular flexibility index (Phi) is 11.0. The average Bonchev–Trinajstić information content (AvgIpc) is 3.46. The normalized spacial score (nSPS) is 18.4. The number of carbonyl (C=O) groups is 3. The number of carbonyl (C=O) groups excluding carboxylic acids is 3. The Morgan fingerprint density at radius 3 is 1.38 bits per heavy atom. The molecule has 0 N–H and O–H groups in total. The maximum absolute atomic E-state index is 14.6. The first-order valence-corrected chi connectivity index (χ1v) is 17.0. The van der Waals surface area contributed by atoms with Crippen LogP contribution in [-0.4, -0.2) is 49.1 Å². The summed E-state index contributed by atoms with van der Waals surface area (Å²) in [6, 6.07) is 40.7. The predicted molar refractivity (Wildman–Crippen MR) is 180 cm³/mol. The first-order chi connectivity index (χ1) is 24.4. The lowest BCUT2D eigenvalue weighted by atomic mass is 10.1. The fourth-order valence-corrected chi connectivity index (χ4v) is 6.34. The van der Waals surface area contributed by atoms with Gasteiger partial charge < -0.3 is 28.0 Å². The number of phosphoric acid groups is 1. The minimum absolute atomic E-state index is 0.134. The summed E-state index contributed by atoms with van der Waals surface area (Å²) in [4.78, 5) is 39.7. The van der Waals surface area contributed by atoms with E-state index in [9.17, 15) is 18.9 Å². The fourth-order valence-electron chi connectivity index (χ4n) is 4.94. The van der Waals surface area contributed by atoms with Crippen molar-refractivity contribution in [3.05, 3.63) is 168 Å². The molecule has 6 rings (SSSR count). The van der Waals surface area contributed by atoms with E-state index in [0.717, 1.165) is 0 Å². The Bertz CT molecular complexity index is 1860. The van der Waals surface area contributed by atoms with Crippen molar-refractivity contribution >= 4 is 25.7 Å². The van der Waals surface area contributed by atoms with Crippen molar-refractivity contribution in [3.8, 4) is 11.5 Å². The van der Waals surface area contributed by atoms with Crippen LogP contribution in [0.15, 0.2) is 152 Å².